The van der Waals surface area contributed by atoms with Crippen molar-refractivity contribution in [2.45, 2.75) is 38.5 Å². The Hall–Kier alpha value is -2.63. The second-order valence-electron chi connectivity index (χ2n) is 6.03. The predicted octanol–water partition coefficient (Wildman–Crippen LogP) is 2.90. The molecular weight excluding hydrogens is 310 g/mol. The fourth-order valence-electron chi connectivity index (χ4n) is 2.89. The van der Waals surface area contributed by atoms with Crippen molar-refractivity contribution in [3.8, 4) is 0 Å². The summed E-state index contributed by atoms with van der Waals surface area (Å²) in [4.78, 5) is 34.1. The maximum Gasteiger partial charge on any atom is 0.352 e. The van der Waals surface area contributed by atoms with Crippen molar-refractivity contribution >= 4 is 23.9 Å². The standard InChI is InChI=1S/C18H21NO5/c20-16(10-7-12-3-1-2-4-12)19-15(18(23)24)11-13-5-8-14(9-6-13)17(21)22/h5-6,8-9,11-12H,1-4,7,10H2,(H,19,20)(H,21,22)(H,23,24)/b15-11+. The summed E-state index contributed by atoms with van der Waals surface area (Å²) in [6.07, 6.45) is 7.12. The molecule has 1 amide bonds. The quantitative estimate of drug-likeness (QED) is 0.667. The lowest BCUT2D eigenvalue weighted by Gasteiger charge is -2.09. The summed E-state index contributed by atoms with van der Waals surface area (Å²) in [6.45, 7) is 0. The van der Waals surface area contributed by atoms with Crippen molar-refractivity contribution in [3.05, 3.63) is 41.1 Å². The fourth-order valence-corrected chi connectivity index (χ4v) is 2.89. The highest BCUT2D eigenvalue weighted by molar-refractivity contribution is 5.97. The third-order valence-corrected chi connectivity index (χ3v) is 4.23. The van der Waals surface area contributed by atoms with E-state index in [4.69, 9.17) is 5.11 Å². The molecule has 1 aliphatic rings. The minimum absolute atomic E-state index is 0.115. The highest BCUT2D eigenvalue weighted by atomic mass is 16.4. The van der Waals surface area contributed by atoms with Gasteiger partial charge >= 0.3 is 11.9 Å². The van der Waals surface area contributed by atoms with Crippen molar-refractivity contribution in [2.75, 3.05) is 0 Å². The highest BCUT2D eigenvalue weighted by Crippen LogP contribution is 2.28. The van der Waals surface area contributed by atoms with Crippen LogP contribution in [0.4, 0.5) is 0 Å². The van der Waals surface area contributed by atoms with E-state index in [-0.39, 0.29) is 17.2 Å². The van der Waals surface area contributed by atoms with Crippen molar-refractivity contribution in [3.63, 3.8) is 0 Å². The molecule has 1 fully saturated rings. The topological polar surface area (TPSA) is 104 Å². The number of rotatable bonds is 7. The van der Waals surface area contributed by atoms with E-state index < -0.39 is 11.9 Å². The van der Waals surface area contributed by atoms with Gasteiger partial charge in [0, 0.05) is 6.42 Å². The Bertz CT molecular complexity index is 642. The number of benzene rings is 1. The molecule has 0 aromatic heterocycles. The summed E-state index contributed by atoms with van der Waals surface area (Å²) in [5.41, 5.74) is 0.410. The summed E-state index contributed by atoms with van der Waals surface area (Å²) >= 11 is 0. The van der Waals surface area contributed by atoms with Gasteiger partial charge in [-0.05, 0) is 36.1 Å². The first-order valence-electron chi connectivity index (χ1n) is 8.04. The normalized spacial score (nSPS) is 15.2. The van der Waals surface area contributed by atoms with Crippen LogP contribution in [0, 0.1) is 5.92 Å². The first-order chi connectivity index (χ1) is 11.5. The maximum absolute atomic E-state index is 12.0. The number of carboxylic acids is 2. The Kier molecular flexibility index (Phi) is 6.12. The molecule has 128 valence electrons. The van der Waals surface area contributed by atoms with E-state index >= 15 is 0 Å². The molecule has 0 heterocycles. The van der Waals surface area contributed by atoms with E-state index in [2.05, 4.69) is 5.32 Å². The Labute approximate surface area is 140 Å². The van der Waals surface area contributed by atoms with Crippen LogP contribution < -0.4 is 5.32 Å². The molecule has 0 aliphatic heterocycles. The summed E-state index contributed by atoms with van der Waals surface area (Å²) in [7, 11) is 0. The lowest BCUT2D eigenvalue weighted by molar-refractivity contribution is -0.134. The molecule has 1 saturated carbocycles. The minimum Gasteiger partial charge on any atom is -0.478 e. The number of amides is 1. The van der Waals surface area contributed by atoms with E-state index in [1.807, 2.05) is 0 Å². The molecule has 0 saturated heterocycles. The Balaban J connectivity index is 1.98. The molecule has 2 rings (SSSR count). The number of carbonyl (C=O) groups excluding carboxylic acids is 1. The number of aliphatic carboxylic acids is 1. The number of aromatic carboxylic acids is 1. The maximum atomic E-state index is 12.0. The molecule has 0 unspecified atom stereocenters. The van der Waals surface area contributed by atoms with Gasteiger partial charge in [-0.25, -0.2) is 9.59 Å². The van der Waals surface area contributed by atoms with Gasteiger partial charge in [0.15, 0.2) is 0 Å². The Morgan fingerprint density at radius 2 is 1.71 bits per heavy atom. The summed E-state index contributed by atoms with van der Waals surface area (Å²) < 4.78 is 0. The van der Waals surface area contributed by atoms with Crippen LogP contribution in [0.2, 0.25) is 0 Å². The Morgan fingerprint density at radius 1 is 1.08 bits per heavy atom. The summed E-state index contributed by atoms with van der Waals surface area (Å²) in [5, 5.41) is 20.5. The zero-order chi connectivity index (χ0) is 17.5. The largest absolute Gasteiger partial charge is 0.478 e. The molecule has 0 atom stereocenters. The molecule has 6 heteroatoms. The lowest BCUT2D eigenvalue weighted by atomic mass is 10.0. The molecule has 1 aliphatic carbocycles. The first kappa shape index (κ1) is 17.7. The van der Waals surface area contributed by atoms with Crippen LogP contribution in [0.3, 0.4) is 0 Å². The highest BCUT2D eigenvalue weighted by Gasteiger charge is 2.17. The van der Waals surface area contributed by atoms with Crippen LogP contribution in [0.15, 0.2) is 30.0 Å². The van der Waals surface area contributed by atoms with Crippen LogP contribution in [0.25, 0.3) is 6.08 Å². The molecule has 3 N–H and O–H groups in total. The second-order valence-corrected chi connectivity index (χ2v) is 6.03. The smallest absolute Gasteiger partial charge is 0.352 e. The van der Waals surface area contributed by atoms with Gasteiger partial charge in [0.25, 0.3) is 0 Å². The van der Waals surface area contributed by atoms with E-state index in [1.54, 1.807) is 0 Å². The van der Waals surface area contributed by atoms with Gasteiger partial charge < -0.3 is 15.5 Å². The third kappa shape index (κ3) is 5.22. The van der Waals surface area contributed by atoms with Gasteiger partial charge in [0.05, 0.1) is 5.56 Å². The molecular formula is C18H21NO5. The molecule has 24 heavy (non-hydrogen) atoms. The molecule has 0 spiro atoms. The molecule has 1 aromatic rings. The minimum atomic E-state index is -1.23. The lowest BCUT2D eigenvalue weighted by Crippen LogP contribution is -2.27. The predicted molar refractivity (Wildman–Crippen MR) is 88.3 cm³/mol. The monoisotopic (exact) mass is 331 g/mol. The molecule has 1 aromatic carbocycles. The van der Waals surface area contributed by atoms with Crippen LogP contribution in [-0.4, -0.2) is 28.1 Å². The molecule has 0 bridgehead atoms. The van der Waals surface area contributed by atoms with E-state index in [1.165, 1.54) is 43.2 Å². The molecule has 0 radical (unpaired) electrons. The van der Waals surface area contributed by atoms with Crippen LogP contribution in [0.5, 0.6) is 0 Å². The van der Waals surface area contributed by atoms with Gasteiger partial charge in [-0.1, -0.05) is 37.8 Å². The summed E-state index contributed by atoms with van der Waals surface area (Å²) in [6, 6.07) is 5.76. The van der Waals surface area contributed by atoms with E-state index in [9.17, 15) is 19.5 Å². The number of hydrogen-bond donors (Lipinski definition) is 3. The van der Waals surface area contributed by atoms with Crippen LogP contribution in [-0.2, 0) is 9.59 Å². The average molecular weight is 331 g/mol. The zero-order valence-electron chi connectivity index (χ0n) is 13.3. The zero-order valence-corrected chi connectivity index (χ0v) is 13.3. The van der Waals surface area contributed by atoms with Gasteiger partial charge in [-0.3, -0.25) is 4.79 Å². The van der Waals surface area contributed by atoms with E-state index in [0.717, 1.165) is 19.3 Å². The third-order valence-electron chi connectivity index (χ3n) is 4.23. The average Bonchev–Trinajstić information content (AvgIpc) is 3.06. The first-order valence-corrected chi connectivity index (χ1v) is 8.04. The van der Waals surface area contributed by atoms with E-state index in [0.29, 0.717) is 17.9 Å². The van der Waals surface area contributed by atoms with Crippen LogP contribution in [0.1, 0.15) is 54.4 Å². The number of carboxylic acid groups (broad SMARTS) is 2. The summed E-state index contributed by atoms with van der Waals surface area (Å²) in [5.74, 6) is -2.02. The number of carbonyl (C=O) groups is 3. The molecule has 6 nitrogen and oxygen atoms in total. The number of hydrogen-bond acceptors (Lipinski definition) is 3. The van der Waals surface area contributed by atoms with Gasteiger partial charge in [-0.2, -0.15) is 0 Å². The van der Waals surface area contributed by atoms with Crippen LogP contribution >= 0.6 is 0 Å². The fraction of sp³-hybridized carbons (Fsp3) is 0.389. The van der Waals surface area contributed by atoms with Gasteiger partial charge in [-0.15, -0.1) is 0 Å². The van der Waals surface area contributed by atoms with Crippen molar-refractivity contribution in [1.29, 1.82) is 0 Å². The van der Waals surface area contributed by atoms with Gasteiger partial charge in [0.2, 0.25) is 5.91 Å². The van der Waals surface area contributed by atoms with Crippen molar-refractivity contribution < 1.29 is 24.6 Å². The number of nitrogens with one attached hydrogen (secondary N) is 1. The van der Waals surface area contributed by atoms with Crippen molar-refractivity contribution in [2.24, 2.45) is 5.92 Å². The second kappa shape index (κ2) is 8.29. The Morgan fingerprint density at radius 3 is 2.25 bits per heavy atom. The SMILES string of the molecule is O=C(CCC1CCCC1)N/C(=C/c1ccc(C(=O)O)cc1)C(=O)O. The van der Waals surface area contributed by atoms with Gasteiger partial charge in [0.1, 0.15) is 5.70 Å². The van der Waals surface area contributed by atoms with Crippen molar-refractivity contribution in [1.82, 2.24) is 5.32 Å².